The zero-order chi connectivity index (χ0) is 11.7. The summed E-state index contributed by atoms with van der Waals surface area (Å²) < 4.78 is 0. The van der Waals surface area contributed by atoms with Crippen molar-refractivity contribution < 1.29 is 4.79 Å². The minimum atomic E-state index is 0.603. The summed E-state index contributed by atoms with van der Waals surface area (Å²) in [7, 11) is 0. The Morgan fingerprint density at radius 3 is 2.50 bits per heavy atom. The molecule has 0 aliphatic carbocycles. The number of aldehydes is 1. The number of hydrogen-bond acceptors (Lipinski definition) is 2. The first-order valence-electron chi connectivity index (χ1n) is 5.20. The summed E-state index contributed by atoms with van der Waals surface area (Å²) in [5.41, 5.74) is 6.07. The smallest absolute Gasteiger partial charge is 0.153 e. The molecule has 2 rings (SSSR count). The molecule has 3 nitrogen and oxygen atoms in total. The van der Waals surface area contributed by atoms with Crippen molar-refractivity contribution in [3.05, 3.63) is 40.6 Å². The Kier molecular flexibility index (Phi) is 2.60. The molecule has 2 aromatic rings. The van der Waals surface area contributed by atoms with E-state index in [1.807, 2.05) is 6.92 Å². The van der Waals surface area contributed by atoms with E-state index in [1.165, 1.54) is 11.1 Å². The van der Waals surface area contributed by atoms with Crippen LogP contribution in [0.15, 0.2) is 18.3 Å². The SMILES string of the molecule is Cc1cc(C)c(-c2[nH]ncc2C=O)cc1C. The highest BCUT2D eigenvalue weighted by Crippen LogP contribution is 2.26. The molecule has 0 bridgehead atoms. The van der Waals surface area contributed by atoms with Crippen LogP contribution in [0.5, 0.6) is 0 Å². The fourth-order valence-corrected chi connectivity index (χ4v) is 1.83. The van der Waals surface area contributed by atoms with Crippen LogP contribution in [-0.4, -0.2) is 16.5 Å². The molecular weight excluding hydrogens is 200 g/mol. The summed E-state index contributed by atoms with van der Waals surface area (Å²) in [5, 5.41) is 6.79. The van der Waals surface area contributed by atoms with E-state index in [2.05, 4.69) is 36.2 Å². The molecule has 0 unspecified atom stereocenters. The summed E-state index contributed by atoms with van der Waals surface area (Å²) in [5.74, 6) is 0. The number of aromatic nitrogens is 2. The summed E-state index contributed by atoms with van der Waals surface area (Å²) in [6.45, 7) is 6.19. The largest absolute Gasteiger partial charge is 0.298 e. The second kappa shape index (κ2) is 3.93. The Hall–Kier alpha value is -1.90. The van der Waals surface area contributed by atoms with Gasteiger partial charge in [-0.15, -0.1) is 0 Å². The van der Waals surface area contributed by atoms with Crippen molar-refractivity contribution in [2.75, 3.05) is 0 Å². The van der Waals surface area contributed by atoms with Crippen molar-refractivity contribution in [1.82, 2.24) is 10.2 Å². The second-order valence-electron chi connectivity index (χ2n) is 4.07. The van der Waals surface area contributed by atoms with Crippen LogP contribution in [0.4, 0.5) is 0 Å². The maximum atomic E-state index is 10.9. The number of carbonyl (C=O) groups is 1. The molecule has 0 spiro atoms. The average molecular weight is 214 g/mol. The fraction of sp³-hybridized carbons (Fsp3) is 0.231. The zero-order valence-corrected chi connectivity index (χ0v) is 9.66. The van der Waals surface area contributed by atoms with Crippen LogP contribution in [0, 0.1) is 20.8 Å². The second-order valence-corrected chi connectivity index (χ2v) is 4.07. The Bertz CT molecular complexity index is 541. The normalized spacial score (nSPS) is 10.4. The third kappa shape index (κ3) is 1.65. The molecule has 16 heavy (non-hydrogen) atoms. The number of aromatic amines is 1. The van der Waals surface area contributed by atoms with Gasteiger partial charge in [-0.1, -0.05) is 6.07 Å². The van der Waals surface area contributed by atoms with E-state index >= 15 is 0 Å². The van der Waals surface area contributed by atoms with Gasteiger partial charge >= 0.3 is 0 Å². The Morgan fingerprint density at radius 1 is 1.12 bits per heavy atom. The lowest BCUT2D eigenvalue weighted by molar-refractivity contribution is 0.112. The van der Waals surface area contributed by atoms with Crippen molar-refractivity contribution in [2.45, 2.75) is 20.8 Å². The average Bonchev–Trinajstić information content (AvgIpc) is 2.71. The molecule has 0 saturated heterocycles. The summed E-state index contributed by atoms with van der Waals surface area (Å²) in [6.07, 6.45) is 2.38. The predicted molar refractivity (Wildman–Crippen MR) is 63.6 cm³/mol. The van der Waals surface area contributed by atoms with E-state index < -0.39 is 0 Å². The van der Waals surface area contributed by atoms with Crippen LogP contribution >= 0.6 is 0 Å². The lowest BCUT2D eigenvalue weighted by atomic mass is 9.97. The molecule has 1 N–H and O–H groups in total. The van der Waals surface area contributed by atoms with Crippen LogP contribution in [0.3, 0.4) is 0 Å². The monoisotopic (exact) mass is 214 g/mol. The predicted octanol–water partition coefficient (Wildman–Crippen LogP) is 2.81. The fourth-order valence-electron chi connectivity index (χ4n) is 1.83. The minimum absolute atomic E-state index is 0.603. The van der Waals surface area contributed by atoms with Crippen LogP contribution in [0.2, 0.25) is 0 Å². The van der Waals surface area contributed by atoms with Crippen LogP contribution in [0.25, 0.3) is 11.3 Å². The number of hydrogen-bond donors (Lipinski definition) is 1. The molecule has 82 valence electrons. The van der Waals surface area contributed by atoms with Crippen LogP contribution in [0.1, 0.15) is 27.0 Å². The highest BCUT2D eigenvalue weighted by molar-refractivity contribution is 5.86. The number of carbonyl (C=O) groups excluding carboxylic acids is 1. The van der Waals surface area contributed by atoms with Gasteiger partial charge in [0.2, 0.25) is 0 Å². The van der Waals surface area contributed by atoms with Gasteiger partial charge in [-0.05, 0) is 43.5 Å². The minimum Gasteiger partial charge on any atom is -0.298 e. The third-order valence-corrected chi connectivity index (χ3v) is 2.91. The Balaban J connectivity index is 2.64. The molecule has 1 heterocycles. The maximum absolute atomic E-state index is 10.9. The molecule has 0 radical (unpaired) electrons. The van der Waals surface area contributed by atoms with Gasteiger partial charge in [0.05, 0.1) is 17.5 Å². The van der Waals surface area contributed by atoms with E-state index in [0.29, 0.717) is 5.56 Å². The molecule has 0 aliphatic heterocycles. The van der Waals surface area contributed by atoms with Crippen molar-refractivity contribution in [2.24, 2.45) is 0 Å². The van der Waals surface area contributed by atoms with Gasteiger partial charge in [-0.2, -0.15) is 5.10 Å². The number of benzene rings is 1. The first kappa shape index (κ1) is 10.6. The summed E-state index contributed by atoms with van der Waals surface area (Å²) in [6, 6.07) is 4.21. The number of nitrogens with zero attached hydrogens (tertiary/aromatic N) is 1. The van der Waals surface area contributed by atoms with Gasteiger partial charge in [0.1, 0.15) is 0 Å². The van der Waals surface area contributed by atoms with E-state index in [1.54, 1.807) is 6.20 Å². The lowest BCUT2D eigenvalue weighted by Crippen LogP contribution is -1.91. The van der Waals surface area contributed by atoms with Gasteiger partial charge in [0, 0.05) is 5.56 Å². The zero-order valence-electron chi connectivity index (χ0n) is 9.66. The van der Waals surface area contributed by atoms with Crippen molar-refractivity contribution >= 4 is 6.29 Å². The van der Waals surface area contributed by atoms with Crippen LogP contribution in [-0.2, 0) is 0 Å². The standard InChI is InChI=1S/C13H14N2O/c1-8-4-10(3)12(5-9(8)2)13-11(7-16)6-14-15-13/h4-7H,1-3H3,(H,14,15). The van der Waals surface area contributed by atoms with Gasteiger partial charge in [-0.25, -0.2) is 0 Å². The molecule has 0 fully saturated rings. The van der Waals surface area contributed by atoms with Crippen molar-refractivity contribution in [1.29, 1.82) is 0 Å². The number of rotatable bonds is 2. The number of nitrogens with one attached hydrogen (secondary N) is 1. The van der Waals surface area contributed by atoms with E-state index in [-0.39, 0.29) is 0 Å². The van der Waals surface area contributed by atoms with Gasteiger partial charge in [-0.3, -0.25) is 9.89 Å². The van der Waals surface area contributed by atoms with E-state index in [4.69, 9.17) is 0 Å². The molecule has 0 saturated carbocycles. The topological polar surface area (TPSA) is 45.8 Å². The van der Waals surface area contributed by atoms with Gasteiger partial charge in [0.25, 0.3) is 0 Å². The van der Waals surface area contributed by atoms with E-state index in [9.17, 15) is 4.79 Å². The first-order valence-corrected chi connectivity index (χ1v) is 5.20. The molecule has 0 atom stereocenters. The van der Waals surface area contributed by atoms with Crippen molar-refractivity contribution in [3.8, 4) is 11.3 Å². The van der Waals surface area contributed by atoms with Crippen molar-refractivity contribution in [3.63, 3.8) is 0 Å². The highest BCUT2D eigenvalue weighted by Gasteiger charge is 2.10. The molecule has 3 heteroatoms. The highest BCUT2D eigenvalue weighted by atomic mass is 16.1. The quantitative estimate of drug-likeness (QED) is 0.781. The summed E-state index contributed by atoms with van der Waals surface area (Å²) >= 11 is 0. The van der Waals surface area contributed by atoms with Gasteiger partial charge in [0.15, 0.2) is 6.29 Å². The first-order chi connectivity index (χ1) is 7.63. The Labute approximate surface area is 94.5 Å². The Morgan fingerprint density at radius 2 is 1.81 bits per heavy atom. The molecule has 0 aliphatic rings. The number of aryl methyl sites for hydroxylation is 3. The van der Waals surface area contributed by atoms with Crippen LogP contribution < -0.4 is 0 Å². The van der Waals surface area contributed by atoms with Gasteiger partial charge < -0.3 is 0 Å². The molecule has 1 aromatic carbocycles. The molecule has 0 amide bonds. The lowest BCUT2D eigenvalue weighted by Gasteiger charge is -2.08. The van der Waals surface area contributed by atoms with E-state index in [0.717, 1.165) is 23.1 Å². The summed E-state index contributed by atoms with van der Waals surface area (Å²) in [4.78, 5) is 10.9. The molecule has 1 aromatic heterocycles. The maximum Gasteiger partial charge on any atom is 0.153 e. The number of H-pyrrole nitrogens is 1. The third-order valence-electron chi connectivity index (χ3n) is 2.91. The molecular formula is C13H14N2O.